The number of halogens is 2. The maximum atomic E-state index is 13.5. The van der Waals surface area contributed by atoms with E-state index in [-0.39, 0.29) is 47.2 Å². The number of ketones is 1. The lowest BCUT2D eigenvalue weighted by Gasteiger charge is -2.37. The van der Waals surface area contributed by atoms with Gasteiger partial charge in [-0.2, -0.15) is 0 Å². The van der Waals surface area contributed by atoms with Crippen LogP contribution < -0.4 is 0 Å². The topological polar surface area (TPSA) is 59.8 Å². The van der Waals surface area contributed by atoms with Crippen molar-refractivity contribution in [2.75, 3.05) is 0 Å². The van der Waals surface area contributed by atoms with E-state index in [0.29, 0.717) is 29.7 Å². The molecule has 0 N–H and O–H groups in total. The first kappa shape index (κ1) is 18.4. The first-order chi connectivity index (χ1) is 14.0. The first-order valence-corrected chi connectivity index (χ1v) is 10.1. The van der Waals surface area contributed by atoms with Gasteiger partial charge in [0.2, 0.25) is 0 Å². The minimum absolute atomic E-state index is 0.0773. The van der Waals surface area contributed by atoms with E-state index in [1.165, 1.54) is 18.4 Å². The molecule has 0 radical (unpaired) electrons. The van der Waals surface area contributed by atoms with Gasteiger partial charge in [-0.3, -0.25) is 9.59 Å². The van der Waals surface area contributed by atoms with Gasteiger partial charge in [0.25, 0.3) is 5.91 Å². The Morgan fingerprint density at radius 2 is 1.93 bits per heavy atom. The molecule has 7 heteroatoms. The number of Topliss-reactive ketones (excluding diaryl/α,β-unsaturated/α-hetero) is 1. The highest BCUT2D eigenvalue weighted by atomic mass is 35.5. The molecule has 0 spiro atoms. The third-order valence-electron chi connectivity index (χ3n) is 5.97. The summed E-state index contributed by atoms with van der Waals surface area (Å²) in [7, 11) is 0. The number of fused-ring (bicyclic) bond motifs is 1. The van der Waals surface area contributed by atoms with Crippen molar-refractivity contribution in [1.82, 2.24) is 4.90 Å². The standard InChI is InChI=1S/C22H19ClFNO4/c23-13-5-8-17-16(10-13)20(26)18-19(12-3-6-14(24)7-4-12)25(22(27)21(18)29-17)11-15-2-1-9-28-15/h1-4,6-7,9,13,16-17,19H,5,8,10-11H2. The molecule has 1 amide bonds. The van der Waals surface area contributed by atoms with Crippen LogP contribution in [0.1, 0.15) is 36.6 Å². The lowest BCUT2D eigenvalue weighted by molar-refractivity contribution is -0.135. The van der Waals surface area contributed by atoms with E-state index in [2.05, 4.69) is 0 Å². The summed E-state index contributed by atoms with van der Waals surface area (Å²) >= 11 is 6.31. The van der Waals surface area contributed by atoms with Crippen LogP contribution in [-0.2, 0) is 20.9 Å². The maximum Gasteiger partial charge on any atom is 0.290 e. The summed E-state index contributed by atoms with van der Waals surface area (Å²) in [5, 5.41) is -0.0773. The fraction of sp³-hybridized carbons (Fsp3) is 0.364. The normalized spacial score (nSPS) is 29.0. The van der Waals surface area contributed by atoms with Gasteiger partial charge in [0.05, 0.1) is 30.3 Å². The summed E-state index contributed by atoms with van der Waals surface area (Å²) in [5.41, 5.74) is 1.00. The predicted molar refractivity (Wildman–Crippen MR) is 102 cm³/mol. The highest BCUT2D eigenvalue weighted by molar-refractivity contribution is 6.21. The Balaban J connectivity index is 1.58. The van der Waals surface area contributed by atoms with Gasteiger partial charge < -0.3 is 14.1 Å². The largest absolute Gasteiger partial charge is 0.483 e. The fourth-order valence-electron chi connectivity index (χ4n) is 4.59. The minimum Gasteiger partial charge on any atom is -0.483 e. The van der Waals surface area contributed by atoms with Crippen molar-refractivity contribution in [2.45, 2.75) is 43.3 Å². The second-order valence-electron chi connectivity index (χ2n) is 7.75. The highest BCUT2D eigenvalue weighted by Gasteiger charge is 2.52. The van der Waals surface area contributed by atoms with Crippen molar-refractivity contribution >= 4 is 23.3 Å². The van der Waals surface area contributed by atoms with Crippen molar-refractivity contribution in [3.05, 3.63) is 71.1 Å². The zero-order valence-corrected chi connectivity index (χ0v) is 16.3. The van der Waals surface area contributed by atoms with Crippen LogP contribution in [0.2, 0.25) is 0 Å². The monoisotopic (exact) mass is 415 g/mol. The Hall–Kier alpha value is -2.60. The molecule has 1 fully saturated rings. The average molecular weight is 416 g/mol. The van der Waals surface area contributed by atoms with E-state index in [1.54, 1.807) is 29.2 Å². The smallest absolute Gasteiger partial charge is 0.290 e. The number of ether oxygens (including phenoxy) is 1. The van der Waals surface area contributed by atoms with Crippen molar-refractivity contribution < 1.29 is 23.1 Å². The van der Waals surface area contributed by atoms with Crippen LogP contribution in [0.25, 0.3) is 0 Å². The molecular weight excluding hydrogens is 397 g/mol. The van der Waals surface area contributed by atoms with Crippen LogP contribution in [0.5, 0.6) is 0 Å². The van der Waals surface area contributed by atoms with Gasteiger partial charge in [-0.05, 0) is 49.1 Å². The Bertz CT molecular complexity index is 985. The summed E-state index contributed by atoms with van der Waals surface area (Å²) in [5.74, 6) is -0.462. The van der Waals surface area contributed by atoms with Crippen LogP contribution in [0.3, 0.4) is 0 Å². The maximum absolute atomic E-state index is 13.5. The Kier molecular flexibility index (Phi) is 4.46. The van der Waals surface area contributed by atoms with Gasteiger partial charge in [-0.1, -0.05) is 12.1 Å². The van der Waals surface area contributed by atoms with Crippen molar-refractivity contribution in [1.29, 1.82) is 0 Å². The van der Waals surface area contributed by atoms with E-state index in [1.807, 2.05) is 0 Å². The molecule has 150 valence electrons. The van der Waals surface area contributed by atoms with E-state index in [9.17, 15) is 14.0 Å². The second kappa shape index (κ2) is 7.02. The first-order valence-electron chi connectivity index (χ1n) is 9.71. The van der Waals surface area contributed by atoms with Gasteiger partial charge in [-0.15, -0.1) is 11.6 Å². The lowest BCUT2D eigenvalue weighted by atomic mass is 9.77. The third-order valence-corrected chi connectivity index (χ3v) is 6.37. The number of alkyl halides is 1. The van der Waals surface area contributed by atoms with Crippen LogP contribution in [0.15, 0.2) is 58.4 Å². The number of hydrogen-bond donors (Lipinski definition) is 0. The Morgan fingerprint density at radius 1 is 1.14 bits per heavy atom. The molecule has 0 saturated heterocycles. The predicted octanol–water partition coefficient (Wildman–Crippen LogP) is 4.13. The number of hydrogen-bond acceptors (Lipinski definition) is 4. The number of carbonyl (C=O) groups is 2. The molecule has 3 heterocycles. The average Bonchev–Trinajstić information content (AvgIpc) is 3.32. The molecule has 1 aliphatic carbocycles. The lowest BCUT2D eigenvalue weighted by Crippen LogP contribution is -2.41. The number of amides is 1. The molecule has 3 aliphatic rings. The van der Waals surface area contributed by atoms with Crippen LogP contribution in [0.4, 0.5) is 4.39 Å². The van der Waals surface area contributed by atoms with Crippen molar-refractivity contribution in [2.24, 2.45) is 5.92 Å². The fourth-order valence-corrected chi connectivity index (χ4v) is 4.91. The molecule has 2 aliphatic heterocycles. The molecule has 4 unspecified atom stereocenters. The van der Waals surface area contributed by atoms with Gasteiger partial charge in [-0.25, -0.2) is 4.39 Å². The Labute approximate surface area is 172 Å². The van der Waals surface area contributed by atoms with Crippen molar-refractivity contribution in [3.63, 3.8) is 0 Å². The number of furan rings is 1. The van der Waals surface area contributed by atoms with Crippen LogP contribution >= 0.6 is 11.6 Å². The number of rotatable bonds is 3. The van der Waals surface area contributed by atoms with E-state index in [0.717, 1.165) is 6.42 Å². The second-order valence-corrected chi connectivity index (χ2v) is 8.36. The number of benzene rings is 1. The molecule has 5 nitrogen and oxygen atoms in total. The highest BCUT2D eigenvalue weighted by Crippen LogP contribution is 2.47. The summed E-state index contributed by atoms with van der Waals surface area (Å²) in [6.45, 7) is 0.185. The van der Waals surface area contributed by atoms with E-state index < -0.39 is 6.04 Å². The van der Waals surface area contributed by atoms with Crippen molar-refractivity contribution in [3.8, 4) is 0 Å². The number of nitrogens with zero attached hydrogens (tertiary/aromatic N) is 1. The molecule has 5 rings (SSSR count). The number of carbonyl (C=O) groups excluding carboxylic acids is 2. The van der Waals surface area contributed by atoms with Gasteiger partial charge in [0, 0.05) is 5.38 Å². The zero-order valence-electron chi connectivity index (χ0n) is 15.5. The molecule has 2 aromatic rings. The van der Waals surface area contributed by atoms with Gasteiger partial charge >= 0.3 is 0 Å². The van der Waals surface area contributed by atoms with Gasteiger partial charge in [0.15, 0.2) is 11.5 Å². The molecule has 4 atom stereocenters. The van der Waals surface area contributed by atoms with Gasteiger partial charge in [0.1, 0.15) is 17.7 Å². The molecule has 0 bridgehead atoms. The molecule has 29 heavy (non-hydrogen) atoms. The third kappa shape index (κ3) is 3.06. The molecule has 1 aromatic carbocycles. The van der Waals surface area contributed by atoms with E-state index in [4.69, 9.17) is 20.8 Å². The molecular formula is C22H19ClFNO4. The van der Waals surface area contributed by atoms with Crippen LogP contribution in [-0.4, -0.2) is 28.1 Å². The molecule has 1 aromatic heterocycles. The quantitative estimate of drug-likeness (QED) is 0.707. The zero-order chi connectivity index (χ0) is 20.1. The summed E-state index contributed by atoms with van der Waals surface area (Å²) in [4.78, 5) is 28.3. The minimum atomic E-state index is -0.646. The summed E-state index contributed by atoms with van der Waals surface area (Å²) in [6.07, 6.45) is 3.15. The van der Waals surface area contributed by atoms with Crippen LogP contribution in [0, 0.1) is 11.7 Å². The summed E-state index contributed by atoms with van der Waals surface area (Å²) in [6, 6.07) is 8.73. The van der Waals surface area contributed by atoms with E-state index >= 15 is 0 Å². The SMILES string of the molecule is O=C1C2=C(OC3CCC(Cl)CC13)C(=O)N(Cc1ccco1)C2c1ccc(F)cc1. The molecule has 1 saturated carbocycles. The summed E-state index contributed by atoms with van der Waals surface area (Å²) < 4.78 is 25.0. The Morgan fingerprint density at radius 3 is 2.66 bits per heavy atom.